The van der Waals surface area contributed by atoms with Crippen molar-refractivity contribution in [2.24, 2.45) is 5.92 Å². The van der Waals surface area contributed by atoms with Gasteiger partial charge in [-0.15, -0.1) is 11.3 Å². The number of piperidine rings is 1. The van der Waals surface area contributed by atoms with Gasteiger partial charge >= 0.3 is 5.97 Å². The van der Waals surface area contributed by atoms with Gasteiger partial charge in [-0.1, -0.05) is 25.1 Å². The van der Waals surface area contributed by atoms with E-state index in [9.17, 15) is 9.59 Å². The summed E-state index contributed by atoms with van der Waals surface area (Å²) in [6.45, 7) is 5.24. The number of esters is 1. The summed E-state index contributed by atoms with van der Waals surface area (Å²) in [6.07, 6.45) is 2.49. The zero-order valence-corrected chi connectivity index (χ0v) is 18.0. The molecule has 1 aliphatic rings. The third kappa shape index (κ3) is 4.37. The predicted octanol–water partition coefficient (Wildman–Crippen LogP) is 4.57. The lowest BCUT2D eigenvalue weighted by Crippen LogP contribution is -2.33. The number of thiophene rings is 1. The van der Waals surface area contributed by atoms with E-state index in [2.05, 4.69) is 17.1 Å². The third-order valence-electron chi connectivity index (χ3n) is 5.39. The molecule has 1 amide bonds. The monoisotopic (exact) mass is 423 g/mol. The van der Waals surface area contributed by atoms with Gasteiger partial charge in [-0.3, -0.25) is 9.69 Å². The molecular formula is C23H25N3O3S. The number of methoxy groups -OCH3 is 1. The van der Waals surface area contributed by atoms with Crippen LogP contribution in [0.15, 0.2) is 42.5 Å². The quantitative estimate of drug-likeness (QED) is 0.609. The number of carbonyl (C=O) groups excluding carboxylic acids is 2. The van der Waals surface area contributed by atoms with Crippen LogP contribution in [0.3, 0.4) is 0 Å². The molecular weight excluding hydrogens is 398 g/mol. The maximum absolute atomic E-state index is 12.7. The number of amides is 1. The van der Waals surface area contributed by atoms with Crippen LogP contribution in [0.2, 0.25) is 0 Å². The second-order valence-electron chi connectivity index (χ2n) is 7.76. The Morgan fingerprint density at radius 2 is 2.03 bits per heavy atom. The highest BCUT2D eigenvalue weighted by molar-refractivity contribution is 7.21. The number of ether oxygens (including phenoxy) is 1. The summed E-state index contributed by atoms with van der Waals surface area (Å²) in [6, 6.07) is 12.8. The van der Waals surface area contributed by atoms with Crippen LogP contribution in [0.4, 0.5) is 5.69 Å². The Bertz CT molecular complexity index is 1060. The Kier molecular flexibility index (Phi) is 6.11. The summed E-state index contributed by atoms with van der Waals surface area (Å²) in [5.74, 6) is -0.0467. The lowest BCUT2D eigenvalue weighted by molar-refractivity contribution is 0.0607. The van der Waals surface area contributed by atoms with Crippen molar-refractivity contribution < 1.29 is 14.3 Å². The fourth-order valence-electron chi connectivity index (χ4n) is 3.90. The van der Waals surface area contributed by atoms with Crippen LogP contribution in [0.25, 0.3) is 10.2 Å². The molecule has 0 radical (unpaired) electrons. The lowest BCUT2D eigenvalue weighted by atomic mass is 10.0. The number of nitrogens with zero attached hydrogens (tertiary/aromatic N) is 2. The summed E-state index contributed by atoms with van der Waals surface area (Å²) in [5.41, 5.74) is 1.95. The Morgan fingerprint density at radius 1 is 1.23 bits per heavy atom. The van der Waals surface area contributed by atoms with E-state index in [4.69, 9.17) is 9.72 Å². The molecule has 0 unspecified atom stereocenters. The second kappa shape index (κ2) is 8.93. The molecule has 3 aromatic rings. The lowest BCUT2D eigenvalue weighted by Gasteiger charge is -2.30. The molecule has 2 aromatic heterocycles. The van der Waals surface area contributed by atoms with Crippen LogP contribution in [-0.2, 0) is 11.3 Å². The summed E-state index contributed by atoms with van der Waals surface area (Å²) in [4.78, 5) is 33.3. The van der Waals surface area contributed by atoms with Crippen molar-refractivity contribution in [3.63, 3.8) is 0 Å². The van der Waals surface area contributed by atoms with Gasteiger partial charge in [0.1, 0.15) is 9.71 Å². The fraction of sp³-hybridized carbons (Fsp3) is 0.348. The first kappa shape index (κ1) is 20.5. The van der Waals surface area contributed by atoms with Crippen molar-refractivity contribution >= 4 is 39.1 Å². The molecule has 3 heterocycles. The van der Waals surface area contributed by atoms with E-state index in [1.54, 1.807) is 24.3 Å². The number of nitrogens with one attached hydrogen (secondary N) is 1. The van der Waals surface area contributed by atoms with Gasteiger partial charge in [-0.2, -0.15) is 0 Å². The van der Waals surface area contributed by atoms with Gasteiger partial charge in [-0.05, 0) is 49.6 Å². The zero-order chi connectivity index (χ0) is 21.1. The van der Waals surface area contributed by atoms with Crippen molar-refractivity contribution in [2.45, 2.75) is 26.3 Å². The Hall–Kier alpha value is -2.77. The highest BCUT2D eigenvalue weighted by atomic mass is 32.1. The molecule has 1 saturated heterocycles. The summed E-state index contributed by atoms with van der Waals surface area (Å²) in [5, 5.41) is 3.64. The molecule has 156 valence electrons. The molecule has 6 nitrogen and oxygen atoms in total. The average molecular weight is 424 g/mol. The number of hydrogen-bond donors (Lipinski definition) is 1. The maximum atomic E-state index is 12.7. The van der Waals surface area contributed by atoms with E-state index in [0.29, 0.717) is 22.0 Å². The average Bonchev–Trinajstić information content (AvgIpc) is 3.11. The highest BCUT2D eigenvalue weighted by Gasteiger charge is 2.23. The number of carbonyl (C=O) groups is 2. The minimum atomic E-state index is -0.479. The van der Waals surface area contributed by atoms with Crippen molar-refractivity contribution in [3.05, 3.63) is 58.6 Å². The first-order chi connectivity index (χ1) is 14.5. The van der Waals surface area contributed by atoms with E-state index in [1.165, 1.54) is 31.3 Å². The number of hydrogen-bond acceptors (Lipinski definition) is 6. The maximum Gasteiger partial charge on any atom is 0.350 e. The number of rotatable bonds is 5. The number of benzene rings is 1. The van der Waals surface area contributed by atoms with Crippen LogP contribution >= 0.6 is 11.3 Å². The van der Waals surface area contributed by atoms with Crippen LogP contribution in [-0.4, -0.2) is 42.0 Å². The van der Waals surface area contributed by atoms with E-state index in [1.807, 2.05) is 18.2 Å². The molecule has 0 saturated carbocycles. The minimum Gasteiger partial charge on any atom is -0.465 e. The van der Waals surface area contributed by atoms with Gasteiger partial charge in [0.25, 0.3) is 5.91 Å². The molecule has 0 bridgehead atoms. The van der Waals surface area contributed by atoms with E-state index < -0.39 is 5.97 Å². The molecule has 1 N–H and O–H groups in total. The van der Waals surface area contributed by atoms with E-state index >= 15 is 0 Å². The predicted molar refractivity (Wildman–Crippen MR) is 119 cm³/mol. The Labute approximate surface area is 179 Å². The Morgan fingerprint density at radius 3 is 2.77 bits per heavy atom. The SMILES string of the molecule is COC(=O)c1sc2nc(CN3CCC[C@H](C)C3)ccc2c1NC(=O)c1ccccc1. The van der Waals surface area contributed by atoms with Crippen molar-refractivity contribution in [1.29, 1.82) is 0 Å². The smallest absolute Gasteiger partial charge is 0.350 e. The van der Waals surface area contributed by atoms with Crippen LogP contribution < -0.4 is 5.32 Å². The largest absolute Gasteiger partial charge is 0.465 e. The number of aromatic nitrogens is 1. The number of fused-ring (bicyclic) bond motifs is 1. The van der Waals surface area contributed by atoms with Crippen molar-refractivity contribution in [3.8, 4) is 0 Å². The molecule has 7 heteroatoms. The fourth-order valence-corrected chi connectivity index (χ4v) is 4.97. The summed E-state index contributed by atoms with van der Waals surface area (Å²) in [7, 11) is 1.34. The standard InChI is InChI=1S/C23H25N3O3S/c1-15-7-6-12-26(13-15)14-17-10-11-18-19(20(23(28)29-2)30-22(18)24-17)25-21(27)16-8-4-3-5-9-16/h3-5,8-11,15H,6-7,12-14H2,1-2H3,(H,25,27)/t15-/m0/s1. The van der Waals surface area contributed by atoms with Gasteiger partial charge in [-0.25, -0.2) is 9.78 Å². The van der Waals surface area contributed by atoms with E-state index in [-0.39, 0.29) is 5.91 Å². The number of anilines is 1. The molecule has 1 aliphatic heterocycles. The molecule has 4 rings (SSSR count). The minimum absolute atomic E-state index is 0.271. The molecule has 0 aliphatic carbocycles. The summed E-state index contributed by atoms with van der Waals surface area (Å²) >= 11 is 1.25. The zero-order valence-electron chi connectivity index (χ0n) is 17.2. The number of likely N-dealkylation sites (tertiary alicyclic amines) is 1. The highest BCUT2D eigenvalue weighted by Crippen LogP contribution is 2.36. The molecule has 0 spiro atoms. The first-order valence-electron chi connectivity index (χ1n) is 10.1. The molecule has 1 fully saturated rings. The molecule has 30 heavy (non-hydrogen) atoms. The topological polar surface area (TPSA) is 71.5 Å². The molecule has 1 aromatic carbocycles. The second-order valence-corrected chi connectivity index (χ2v) is 8.75. The van der Waals surface area contributed by atoms with Gasteiger partial charge in [0.15, 0.2) is 0 Å². The van der Waals surface area contributed by atoms with E-state index in [0.717, 1.165) is 35.5 Å². The van der Waals surface area contributed by atoms with Gasteiger partial charge in [0, 0.05) is 24.0 Å². The number of pyridine rings is 1. The van der Waals surface area contributed by atoms with Gasteiger partial charge in [0.2, 0.25) is 0 Å². The molecule has 1 atom stereocenters. The van der Waals surface area contributed by atoms with Gasteiger partial charge in [0.05, 0.1) is 18.5 Å². The van der Waals surface area contributed by atoms with Crippen LogP contribution in [0.5, 0.6) is 0 Å². The van der Waals surface area contributed by atoms with Crippen molar-refractivity contribution in [2.75, 3.05) is 25.5 Å². The van der Waals surface area contributed by atoms with Crippen LogP contribution in [0, 0.1) is 5.92 Å². The first-order valence-corrected chi connectivity index (χ1v) is 11.0. The van der Waals surface area contributed by atoms with Crippen molar-refractivity contribution in [1.82, 2.24) is 9.88 Å². The van der Waals surface area contributed by atoms with Gasteiger partial charge < -0.3 is 10.1 Å². The van der Waals surface area contributed by atoms with Crippen LogP contribution in [0.1, 0.15) is 45.5 Å². The Balaban J connectivity index is 1.64. The normalized spacial score (nSPS) is 17.1. The third-order valence-corrected chi connectivity index (χ3v) is 6.46. The summed E-state index contributed by atoms with van der Waals surface area (Å²) < 4.78 is 4.94.